The summed E-state index contributed by atoms with van der Waals surface area (Å²) in [4.78, 5) is 0. The van der Waals surface area contributed by atoms with Gasteiger partial charge in [0.15, 0.2) is 0 Å². The summed E-state index contributed by atoms with van der Waals surface area (Å²) in [6, 6.07) is 2.17. The van der Waals surface area contributed by atoms with Gasteiger partial charge >= 0.3 is 10.5 Å². The summed E-state index contributed by atoms with van der Waals surface area (Å²) >= 11 is 0. The van der Waals surface area contributed by atoms with Gasteiger partial charge in [-0.25, -0.2) is 0 Å². The fourth-order valence-corrected chi connectivity index (χ4v) is 2.36. The van der Waals surface area contributed by atoms with E-state index in [0.29, 0.717) is 0 Å². The first kappa shape index (κ1) is 12.3. The first-order chi connectivity index (χ1) is 6.79. The zero-order valence-corrected chi connectivity index (χ0v) is 11.5. The highest BCUT2D eigenvalue weighted by Gasteiger charge is 2.23. The number of hydrogen-bond donors (Lipinski definition) is 0. The lowest BCUT2D eigenvalue weighted by Gasteiger charge is -2.27. The van der Waals surface area contributed by atoms with E-state index in [4.69, 9.17) is 4.43 Å². The number of benzene rings is 1. The van der Waals surface area contributed by atoms with Gasteiger partial charge in [0.1, 0.15) is 5.75 Å². The second kappa shape index (κ2) is 4.01. The lowest BCUT2D eigenvalue weighted by atomic mass is 9.81. The molecule has 0 atom stereocenters. The molecule has 0 bridgehead atoms. The lowest BCUT2D eigenvalue weighted by molar-refractivity contribution is 0.528. The van der Waals surface area contributed by atoms with Crippen LogP contribution in [0, 0.1) is 20.8 Å². The predicted molar refractivity (Wildman–Crippen MR) is 65.7 cm³/mol. The number of rotatable bonds is 1. The standard InChI is InChI=1S/C13H19OSi/c1-8-7-9(2)12(14-15)11(10(8)3)13(4,5)6/h7H,1-6H3. The maximum absolute atomic E-state index is 5.34. The normalized spacial score (nSPS) is 11.7. The lowest BCUT2D eigenvalue weighted by Crippen LogP contribution is -2.16. The SMILES string of the molecule is Cc1cc(C)c(O[Si])c(C(C)(C)C)c1C. The first-order valence-corrected chi connectivity index (χ1v) is 5.64. The molecule has 0 N–H and O–H groups in total. The third-order valence-corrected chi connectivity index (χ3v) is 3.04. The van der Waals surface area contributed by atoms with E-state index in [-0.39, 0.29) is 5.41 Å². The van der Waals surface area contributed by atoms with E-state index in [0.717, 1.165) is 5.75 Å². The summed E-state index contributed by atoms with van der Waals surface area (Å²) in [5.74, 6) is 0.960. The molecule has 0 amide bonds. The van der Waals surface area contributed by atoms with Crippen molar-refractivity contribution in [1.82, 2.24) is 0 Å². The predicted octanol–water partition coefficient (Wildman–Crippen LogP) is 3.37. The second-order valence-electron chi connectivity index (χ2n) is 5.19. The fraction of sp³-hybridized carbons (Fsp3) is 0.538. The summed E-state index contributed by atoms with van der Waals surface area (Å²) in [7, 11) is 3.16. The number of aryl methyl sites for hydroxylation is 2. The Morgan fingerprint density at radius 2 is 1.60 bits per heavy atom. The van der Waals surface area contributed by atoms with Crippen molar-refractivity contribution in [3.05, 3.63) is 28.3 Å². The van der Waals surface area contributed by atoms with Crippen molar-refractivity contribution in [2.24, 2.45) is 0 Å². The Morgan fingerprint density at radius 1 is 1.07 bits per heavy atom. The maximum atomic E-state index is 5.34. The zero-order chi connectivity index (χ0) is 11.8. The van der Waals surface area contributed by atoms with Crippen LogP contribution in [0.15, 0.2) is 6.07 Å². The Hall–Kier alpha value is -0.763. The zero-order valence-electron chi connectivity index (χ0n) is 10.5. The molecule has 0 saturated carbocycles. The van der Waals surface area contributed by atoms with Crippen molar-refractivity contribution in [3.63, 3.8) is 0 Å². The van der Waals surface area contributed by atoms with Crippen molar-refractivity contribution in [2.75, 3.05) is 0 Å². The summed E-state index contributed by atoms with van der Waals surface area (Å²) < 4.78 is 5.34. The molecule has 1 rings (SSSR count). The summed E-state index contributed by atoms with van der Waals surface area (Å²) in [6.45, 7) is 13.0. The van der Waals surface area contributed by atoms with Crippen LogP contribution in [0.25, 0.3) is 0 Å². The highest BCUT2D eigenvalue weighted by molar-refractivity contribution is 6.00. The van der Waals surface area contributed by atoms with Crippen LogP contribution in [0.5, 0.6) is 5.75 Å². The van der Waals surface area contributed by atoms with Crippen LogP contribution in [0.3, 0.4) is 0 Å². The molecule has 15 heavy (non-hydrogen) atoms. The van der Waals surface area contributed by atoms with Gasteiger partial charge in [0.05, 0.1) is 0 Å². The molecule has 0 heterocycles. The Labute approximate surface area is 96.4 Å². The van der Waals surface area contributed by atoms with Gasteiger partial charge in [-0.2, -0.15) is 0 Å². The molecule has 81 valence electrons. The van der Waals surface area contributed by atoms with Crippen molar-refractivity contribution in [1.29, 1.82) is 0 Å². The van der Waals surface area contributed by atoms with Crippen LogP contribution in [0.4, 0.5) is 0 Å². The van der Waals surface area contributed by atoms with Gasteiger partial charge in [-0.15, -0.1) is 0 Å². The minimum atomic E-state index is 0.100. The average molecular weight is 219 g/mol. The van der Waals surface area contributed by atoms with E-state index in [1.54, 1.807) is 0 Å². The minimum Gasteiger partial charge on any atom is -0.540 e. The van der Waals surface area contributed by atoms with Crippen LogP contribution >= 0.6 is 0 Å². The molecule has 0 aromatic heterocycles. The maximum Gasteiger partial charge on any atom is 0.341 e. The van der Waals surface area contributed by atoms with Gasteiger partial charge in [0, 0.05) is 5.56 Å². The number of hydrogen-bond acceptors (Lipinski definition) is 1. The summed E-state index contributed by atoms with van der Waals surface area (Å²) in [5, 5.41) is 0. The summed E-state index contributed by atoms with van der Waals surface area (Å²) in [6.07, 6.45) is 0. The largest absolute Gasteiger partial charge is 0.540 e. The molecule has 0 unspecified atom stereocenters. The van der Waals surface area contributed by atoms with Crippen LogP contribution < -0.4 is 4.43 Å². The molecule has 0 aliphatic heterocycles. The van der Waals surface area contributed by atoms with E-state index in [9.17, 15) is 0 Å². The molecule has 2 heteroatoms. The van der Waals surface area contributed by atoms with Gasteiger partial charge in [0.25, 0.3) is 0 Å². The third kappa shape index (κ3) is 2.25. The van der Waals surface area contributed by atoms with Gasteiger partial charge in [-0.1, -0.05) is 26.8 Å². The molecular formula is C13H19OSi. The smallest absolute Gasteiger partial charge is 0.341 e. The molecule has 0 aliphatic rings. The van der Waals surface area contributed by atoms with E-state index in [1.807, 2.05) is 0 Å². The first-order valence-electron chi connectivity index (χ1n) is 5.24. The summed E-state index contributed by atoms with van der Waals surface area (Å²) in [5.41, 5.74) is 5.21. The Kier molecular flexibility index (Phi) is 3.29. The molecule has 1 aromatic rings. The minimum absolute atomic E-state index is 0.100. The van der Waals surface area contributed by atoms with E-state index < -0.39 is 0 Å². The Morgan fingerprint density at radius 3 is 2.00 bits per heavy atom. The highest BCUT2D eigenvalue weighted by atomic mass is 28.2. The fourth-order valence-electron chi connectivity index (χ4n) is 2.10. The monoisotopic (exact) mass is 219 g/mol. The van der Waals surface area contributed by atoms with Crippen molar-refractivity contribution < 1.29 is 4.43 Å². The van der Waals surface area contributed by atoms with Crippen molar-refractivity contribution in [2.45, 2.75) is 47.0 Å². The molecule has 1 nitrogen and oxygen atoms in total. The van der Waals surface area contributed by atoms with E-state index in [2.05, 4.69) is 58.1 Å². The van der Waals surface area contributed by atoms with E-state index in [1.165, 1.54) is 22.3 Å². The van der Waals surface area contributed by atoms with Crippen LogP contribution in [0.2, 0.25) is 0 Å². The molecule has 0 saturated heterocycles. The van der Waals surface area contributed by atoms with Gasteiger partial charge in [-0.3, -0.25) is 0 Å². The van der Waals surface area contributed by atoms with Crippen molar-refractivity contribution >= 4 is 10.5 Å². The third-order valence-electron chi connectivity index (χ3n) is 2.84. The Bertz CT molecular complexity index is 375. The average Bonchev–Trinajstić information content (AvgIpc) is 2.08. The van der Waals surface area contributed by atoms with Gasteiger partial charge in [0.2, 0.25) is 0 Å². The van der Waals surface area contributed by atoms with Crippen LogP contribution in [-0.4, -0.2) is 10.5 Å². The highest BCUT2D eigenvalue weighted by Crippen LogP contribution is 2.37. The molecule has 0 aliphatic carbocycles. The van der Waals surface area contributed by atoms with Crippen LogP contribution in [0.1, 0.15) is 43.0 Å². The van der Waals surface area contributed by atoms with Gasteiger partial charge < -0.3 is 4.43 Å². The quantitative estimate of drug-likeness (QED) is 0.658. The van der Waals surface area contributed by atoms with Crippen LogP contribution in [-0.2, 0) is 5.41 Å². The second-order valence-corrected chi connectivity index (χ2v) is 5.40. The molecule has 3 radical (unpaired) electrons. The van der Waals surface area contributed by atoms with Gasteiger partial charge in [-0.05, 0) is 42.9 Å². The Balaban J connectivity index is 3.59. The van der Waals surface area contributed by atoms with E-state index >= 15 is 0 Å². The molecular weight excluding hydrogens is 200 g/mol. The van der Waals surface area contributed by atoms with Crippen molar-refractivity contribution in [3.8, 4) is 5.75 Å². The molecule has 1 aromatic carbocycles. The topological polar surface area (TPSA) is 9.23 Å². The molecule has 0 fully saturated rings. The molecule has 0 spiro atoms.